The Labute approximate surface area is 480 Å². The minimum atomic E-state index is -1.89. The summed E-state index contributed by atoms with van der Waals surface area (Å²) in [6.07, 6.45) is 5.65. The van der Waals surface area contributed by atoms with E-state index < -0.39 is 60.0 Å². The van der Waals surface area contributed by atoms with Crippen LogP contribution in [0.25, 0.3) is 9.69 Å². The van der Waals surface area contributed by atoms with Crippen LogP contribution in [-0.2, 0) is 28.6 Å². The maximum atomic E-state index is 13.0. The standard InChI is InChI=1S/C38H40N2O8Si2.C15H20O4Si.C8H4N2O2/c1-8-34(41)45-22-10-24-49(4,5)29-16-12-27(13-17-29)37(43)47-32-20-21-33(36(40-3)31(32)26-39)48-38(44)28-14-18-30(19-15-28)50(6,7)25-11-23-46-35(42)9-2;1-4-14(16)19-10-5-11-20(2,3)13-8-6-12(7-9-13)15(17)18;1-10-8-5(4-9)6(11)2-3-7(8)12/h8-9,12-21H,1-2,10-11,22-25H2,4-7H3;4,6-9H,1,5,10-11H2,2-3H3,(H,17,18);2-3,11-12H. The van der Waals surface area contributed by atoms with Gasteiger partial charge in [0.15, 0.2) is 0 Å². The molecule has 0 unspecified atom stereocenters. The van der Waals surface area contributed by atoms with Crippen LogP contribution in [-0.4, -0.2) is 95.2 Å². The molecular weight excluding hydrogens is 1100 g/mol. The Balaban J connectivity index is 0.000000445. The Bertz CT molecular complexity index is 3160. The lowest BCUT2D eigenvalue weighted by Crippen LogP contribution is -2.41. The smallest absolute Gasteiger partial charge is 0.343 e. The number of ether oxygens (including phenoxy) is 5. The lowest BCUT2D eigenvalue weighted by molar-refractivity contribution is -0.138. The van der Waals surface area contributed by atoms with E-state index in [4.69, 9.17) is 57.4 Å². The molecule has 0 aliphatic heterocycles. The van der Waals surface area contributed by atoms with Gasteiger partial charge in [0.2, 0.25) is 11.4 Å². The first-order chi connectivity index (χ1) is 38.8. The molecule has 0 fully saturated rings. The second kappa shape index (κ2) is 31.8. The van der Waals surface area contributed by atoms with E-state index in [9.17, 15) is 34.0 Å². The Kier molecular flexibility index (Phi) is 25.9. The SMILES string of the molecule is C=CC(=O)OCCC[Si](C)(C)c1ccc(C(=O)O)cc1.[C-]#[N+]c1c(O)ccc(O)c1C#N.[C-]#[N+]c1c(OC(=O)c2ccc([Si](C)(C)CCCOC(=O)C=C)cc2)ccc(OC(=O)c2ccc([Si](C)(C)CCCOC(=O)C=C)cc2)c1C#N. The van der Waals surface area contributed by atoms with E-state index in [-0.39, 0.29) is 56.6 Å². The van der Waals surface area contributed by atoms with Crippen molar-refractivity contribution in [3.05, 3.63) is 186 Å². The number of hydrogen-bond acceptors (Lipinski definition) is 15. The number of hydrogen-bond donors (Lipinski definition) is 3. The molecule has 0 saturated heterocycles. The fraction of sp³-hybridized carbons (Fsp3) is 0.246. The first kappa shape index (κ1) is 66.6. The second-order valence-electron chi connectivity index (χ2n) is 20.0. The van der Waals surface area contributed by atoms with E-state index in [1.54, 1.807) is 42.5 Å². The predicted molar refractivity (Wildman–Crippen MR) is 317 cm³/mol. The molecule has 424 valence electrons. The van der Waals surface area contributed by atoms with Crippen LogP contribution in [0.2, 0.25) is 57.4 Å². The first-order valence-corrected chi connectivity index (χ1v) is 35.1. The summed E-state index contributed by atoms with van der Waals surface area (Å²) >= 11 is 0. The third-order valence-corrected chi connectivity index (χ3v) is 23.4. The molecule has 21 heteroatoms. The van der Waals surface area contributed by atoms with Gasteiger partial charge in [-0.2, -0.15) is 10.5 Å². The number of carbonyl (C=O) groups excluding carboxylic acids is 5. The van der Waals surface area contributed by atoms with Crippen molar-refractivity contribution in [2.24, 2.45) is 0 Å². The van der Waals surface area contributed by atoms with E-state index in [0.29, 0.717) is 38.2 Å². The van der Waals surface area contributed by atoms with Crippen LogP contribution in [0, 0.1) is 35.8 Å². The summed E-state index contributed by atoms with van der Waals surface area (Å²) in [5, 5.41) is 48.8. The molecule has 3 N–H and O–H groups in total. The van der Waals surface area contributed by atoms with Crippen LogP contribution in [0.5, 0.6) is 23.0 Å². The molecule has 0 aliphatic rings. The second-order valence-corrected chi connectivity index (χ2v) is 34.5. The minimum absolute atomic E-state index is 0.132. The van der Waals surface area contributed by atoms with Gasteiger partial charge in [0.1, 0.15) is 34.1 Å². The normalized spacial score (nSPS) is 10.6. The summed E-state index contributed by atoms with van der Waals surface area (Å²) in [6, 6.07) is 32.4. The Hall–Kier alpha value is -9.65. The van der Waals surface area contributed by atoms with E-state index in [0.717, 1.165) is 53.2 Å². The summed E-state index contributed by atoms with van der Waals surface area (Å²) in [5.41, 5.74) is -0.0682. The lowest BCUT2D eigenvalue weighted by Gasteiger charge is -2.23. The topological polar surface area (TPSA) is 266 Å². The van der Waals surface area contributed by atoms with Crippen LogP contribution < -0.4 is 25.0 Å². The zero-order chi connectivity index (χ0) is 61.2. The van der Waals surface area contributed by atoms with E-state index in [1.807, 2.05) is 42.5 Å². The van der Waals surface area contributed by atoms with Gasteiger partial charge in [-0.1, -0.05) is 129 Å². The number of aromatic carboxylic acids is 1. The monoisotopic (exact) mass is 1160 g/mol. The van der Waals surface area contributed by atoms with Crippen molar-refractivity contribution in [3.63, 3.8) is 0 Å². The van der Waals surface area contributed by atoms with Crippen molar-refractivity contribution in [3.8, 4) is 35.1 Å². The van der Waals surface area contributed by atoms with Crippen molar-refractivity contribution in [2.45, 2.75) is 76.7 Å². The molecule has 0 radical (unpaired) electrons. The number of carbonyl (C=O) groups is 6. The number of nitrogens with zero attached hydrogens (tertiary/aromatic N) is 4. The third-order valence-electron chi connectivity index (χ3n) is 12.9. The molecule has 0 bridgehead atoms. The summed E-state index contributed by atoms with van der Waals surface area (Å²) in [7, 11) is -5.41. The van der Waals surface area contributed by atoms with Gasteiger partial charge in [-0.05, 0) is 79.9 Å². The van der Waals surface area contributed by atoms with Gasteiger partial charge >= 0.3 is 35.8 Å². The zero-order valence-electron chi connectivity index (χ0n) is 46.6. The molecule has 82 heavy (non-hydrogen) atoms. The Morgan fingerprint density at radius 1 is 0.500 bits per heavy atom. The molecule has 5 aromatic rings. The molecule has 0 atom stereocenters. The highest BCUT2D eigenvalue weighted by molar-refractivity contribution is 6.90. The maximum absolute atomic E-state index is 13.0. The van der Waals surface area contributed by atoms with E-state index in [2.05, 4.69) is 68.7 Å². The molecule has 0 amide bonds. The summed E-state index contributed by atoms with van der Waals surface area (Å²) < 4.78 is 26.2. The van der Waals surface area contributed by atoms with Crippen molar-refractivity contribution in [1.82, 2.24) is 0 Å². The van der Waals surface area contributed by atoms with Crippen LogP contribution in [0.4, 0.5) is 11.4 Å². The Morgan fingerprint density at radius 3 is 1.15 bits per heavy atom. The van der Waals surface area contributed by atoms with Crippen molar-refractivity contribution >= 4 is 87.0 Å². The van der Waals surface area contributed by atoms with Gasteiger partial charge in [-0.25, -0.2) is 38.5 Å². The third kappa shape index (κ3) is 19.9. The fourth-order valence-electron chi connectivity index (χ4n) is 7.90. The van der Waals surface area contributed by atoms with Crippen LogP contribution in [0.15, 0.2) is 135 Å². The highest BCUT2D eigenvalue weighted by Gasteiger charge is 2.27. The number of benzene rings is 5. The van der Waals surface area contributed by atoms with E-state index >= 15 is 0 Å². The number of carboxylic acids is 1. The highest BCUT2D eigenvalue weighted by Crippen LogP contribution is 2.38. The number of carboxylic acid groups (broad SMARTS) is 1. The molecular formula is C61H64N4O14Si3. The van der Waals surface area contributed by atoms with Crippen LogP contribution in [0.3, 0.4) is 0 Å². The van der Waals surface area contributed by atoms with Gasteiger partial charge in [-0.3, -0.25) is 0 Å². The average molecular weight is 1160 g/mol. The largest absolute Gasteiger partial charge is 0.519 e. The van der Waals surface area contributed by atoms with Gasteiger partial charge in [-0.15, -0.1) is 0 Å². The van der Waals surface area contributed by atoms with Gasteiger partial charge < -0.3 is 39.0 Å². The minimum Gasteiger partial charge on any atom is -0.519 e. The summed E-state index contributed by atoms with van der Waals surface area (Å²) in [4.78, 5) is 76.7. The summed E-state index contributed by atoms with van der Waals surface area (Å²) in [6.45, 7) is 38.6. The average Bonchev–Trinajstić information content (AvgIpc) is 3.61. The molecule has 18 nitrogen and oxygen atoms in total. The number of esters is 5. The number of nitriles is 2. The van der Waals surface area contributed by atoms with Gasteiger partial charge in [0.05, 0.1) is 86.0 Å². The van der Waals surface area contributed by atoms with Crippen LogP contribution >= 0.6 is 0 Å². The van der Waals surface area contributed by atoms with Crippen molar-refractivity contribution < 1.29 is 67.8 Å². The molecule has 0 spiro atoms. The van der Waals surface area contributed by atoms with E-state index in [1.165, 1.54) is 29.5 Å². The van der Waals surface area contributed by atoms with Crippen LogP contribution in [0.1, 0.15) is 61.5 Å². The van der Waals surface area contributed by atoms with Crippen molar-refractivity contribution in [2.75, 3.05) is 19.8 Å². The first-order valence-electron chi connectivity index (χ1n) is 25.5. The molecule has 5 rings (SSSR count). The molecule has 0 aliphatic carbocycles. The number of rotatable bonds is 23. The lowest BCUT2D eigenvalue weighted by atomic mass is 10.1. The highest BCUT2D eigenvalue weighted by atomic mass is 28.3. The fourth-order valence-corrected chi connectivity index (χ4v) is 15.1. The quantitative estimate of drug-likeness (QED) is 0.00802. The van der Waals surface area contributed by atoms with Gasteiger partial charge in [0.25, 0.3) is 0 Å². The maximum Gasteiger partial charge on any atom is 0.343 e. The Morgan fingerprint density at radius 2 is 0.829 bits per heavy atom. The molecule has 0 aromatic heterocycles. The number of phenols is 2. The zero-order valence-corrected chi connectivity index (χ0v) is 49.6. The number of phenolic OH excluding ortho intramolecular Hbond substituents is 2. The van der Waals surface area contributed by atoms with Gasteiger partial charge in [0, 0.05) is 18.2 Å². The predicted octanol–water partition coefficient (Wildman–Crippen LogP) is 10.6. The molecule has 5 aromatic carbocycles. The summed E-state index contributed by atoms with van der Waals surface area (Å²) in [5.74, 6) is -4.48. The number of aromatic hydroxyl groups is 2. The molecule has 0 heterocycles. The molecule has 0 saturated carbocycles. The van der Waals surface area contributed by atoms with Crippen molar-refractivity contribution in [1.29, 1.82) is 10.5 Å².